The minimum absolute atomic E-state index is 0.536. The summed E-state index contributed by atoms with van der Waals surface area (Å²) in [6, 6.07) is 4.06. The maximum atomic E-state index is 10.6. The summed E-state index contributed by atoms with van der Waals surface area (Å²) >= 11 is 5.81. The molecule has 1 rings (SSSR count). The van der Waals surface area contributed by atoms with Crippen LogP contribution in [-0.2, 0) is 4.79 Å². The van der Waals surface area contributed by atoms with Gasteiger partial charge in [-0.15, -0.1) is 0 Å². The zero-order valence-electron chi connectivity index (χ0n) is 7.12. The molecular weight excluding hydrogens is 190 g/mol. The Bertz CT molecular complexity index is 338. The Morgan fingerprint density at radius 3 is 2.77 bits per heavy atom. The first-order chi connectivity index (χ1) is 6.04. The van der Waals surface area contributed by atoms with Gasteiger partial charge in [0.2, 0.25) is 0 Å². The number of hydrogen-bond donors (Lipinski definition) is 2. The molecule has 0 spiro atoms. The molecule has 3 N–H and O–H groups in total. The normalized spacial score (nSPS) is 12.5. The van der Waals surface area contributed by atoms with Crippen molar-refractivity contribution in [3.63, 3.8) is 0 Å². The van der Waals surface area contributed by atoms with E-state index < -0.39 is 12.0 Å². The van der Waals surface area contributed by atoms with Crippen molar-refractivity contribution in [1.29, 1.82) is 0 Å². The highest BCUT2D eigenvalue weighted by Gasteiger charge is 2.16. The van der Waals surface area contributed by atoms with Crippen molar-refractivity contribution in [3.05, 3.63) is 34.3 Å². The molecule has 1 atom stereocenters. The zero-order valence-corrected chi connectivity index (χ0v) is 7.88. The third-order valence-corrected chi connectivity index (χ3v) is 2.32. The summed E-state index contributed by atoms with van der Waals surface area (Å²) in [6.45, 7) is 1.75. The fourth-order valence-electron chi connectivity index (χ4n) is 1.09. The summed E-state index contributed by atoms with van der Waals surface area (Å²) in [4.78, 5) is 10.6. The smallest absolute Gasteiger partial charge is 0.325 e. The summed E-state index contributed by atoms with van der Waals surface area (Å²) in [5, 5.41) is 9.22. The van der Waals surface area contributed by atoms with Crippen LogP contribution in [0.25, 0.3) is 0 Å². The van der Waals surface area contributed by atoms with Gasteiger partial charge in [-0.3, -0.25) is 4.79 Å². The highest BCUT2D eigenvalue weighted by molar-refractivity contribution is 6.31. The lowest BCUT2D eigenvalue weighted by Crippen LogP contribution is -2.21. The SMILES string of the molecule is Cc1c(Cl)cccc1[C@H](N)C(=O)O. The van der Waals surface area contributed by atoms with Gasteiger partial charge in [0.1, 0.15) is 6.04 Å². The molecule has 0 radical (unpaired) electrons. The van der Waals surface area contributed by atoms with E-state index in [2.05, 4.69) is 0 Å². The molecule has 0 unspecified atom stereocenters. The molecular formula is C9H10ClNO2. The van der Waals surface area contributed by atoms with Gasteiger partial charge in [0, 0.05) is 5.02 Å². The number of halogens is 1. The maximum Gasteiger partial charge on any atom is 0.325 e. The summed E-state index contributed by atoms with van der Waals surface area (Å²) in [7, 11) is 0. The van der Waals surface area contributed by atoms with Gasteiger partial charge in [0.05, 0.1) is 0 Å². The van der Waals surface area contributed by atoms with Crippen LogP contribution in [-0.4, -0.2) is 11.1 Å². The first-order valence-electron chi connectivity index (χ1n) is 3.77. The maximum absolute atomic E-state index is 10.6. The standard InChI is InChI=1S/C9H10ClNO2/c1-5-6(8(11)9(12)13)3-2-4-7(5)10/h2-4,8H,11H2,1H3,(H,12,13)/t8-/m0/s1. The molecule has 0 fully saturated rings. The van der Waals surface area contributed by atoms with Gasteiger partial charge >= 0.3 is 5.97 Å². The Morgan fingerprint density at radius 1 is 1.62 bits per heavy atom. The molecule has 70 valence electrons. The second-order valence-corrected chi connectivity index (χ2v) is 3.18. The van der Waals surface area contributed by atoms with Crippen molar-refractivity contribution >= 4 is 17.6 Å². The van der Waals surface area contributed by atoms with Crippen molar-refractivity contribution in [2.45, 2.75) is 13.0 Å². The average Bonchev–Trinajstić information content (AvgIpc) is 2.08. The average molecular weight is 200 g/mol. The van der Waals surface area contributed by atoms with E-state index >= 15 is 0 Å². The van der Waals surface area contributed by atoms with Gasteiger partial charge in [0.25, 0.3) is 0 Å². The van der Waals surface area contributed by atoms with Crippen LogP contribution in [0, 0.1) is 6.92 Å². The fourth-order valence-corrected chi connectivity index (χ4v) is 1.28. The van der Waals surface area contributed by atoms with Crippen molar-refractivity contribution in [3.8, 4) is 0 Å². The summed E-state index contributed by atoms with van der Waals surface area (Å²) < 4.78 is 0. The predicted molar refractivity (Wildman–Crippen MR) is 50.8 cm³/mol. The zero-order chi connectivity index (χ0) is 10.0. The van der Waals surface area contributed by atoms with Crippen molar-refractivity contribution in [2.24, 2.45) is 5.73 Å². The van der Waals surface area contributed by atoms with E-state index in [1.165, 1.54) is 0 Å². The number of carbonyl (C=O) groups is 1. The lowest BCUT2D eigenvalue weighted by Gasteiger charge is -2.10. The van der Waals surface area contributed by atoms with E-state index in [0.717, 1.165) is 5.56 Å². The molecule has 0 aromatic heterocycles. The van der Waals surface area contributed by atoms with E-state index in [-0.39, 0.29) is 0 Å². The molecule has 0 aliphatic heterocycles. The van der Waals surface area contributed by atoms with Gasteiger partial charge in [0.15, 0.2) is 0 Å². The van der Waals surface area contributed by atoms with Crippen LogP contribution >= 0.6 is 11.6 Å². The number of carboxylic acid groups (broad SMARTS) is 1. The first kappa shape index (κ1) is 10.0. The molecule has 0 saturated carbocycles. The lowest BCUT2D eigenvalue weighted by molar-refractivity contribution is -0.138. The first-order valence-corrected chi connectivity index (χ1v) is 4.15. The fraction of sp³-hybridized carbons (Fsp3) is 0.222. The van der Waals surface area contributed by atoms with Gasteiger partial charge in [-0.05, 0) is 24.1 Å². The second kappa shape index (κ2) is 3.77. The third kappa shape index (κ3) is 1.99. The second-order valence-electron chi connectivity index (χ2n) is 2.77. The molecule has 13 heavy (non-hydrogen) atoms. The molecule has 3 nitrogen and oxygen atoms in total. The largest absolute Gasteiger partial charge is 0.480 e. The van der Waals surface area contributed by atoms with E-state index in [1.54, 1.807) is 25.1 Å². The molecule has 0 heterocycles. The van der Waals surface area contributed by atoms with Gasteiger partial charge < -0.3 is 10.8 Å². The van der Waals surface area contributed by atoms with Crippen LogP contribution < -0.4 is 5.73 Å². The minimum Gasteiger partial charge on any atom is -0.480 e. The van der Waals surface area contributed by atoms with Gasteiger partial charge in [-0.1, -0.05) is 23.7 Å². The van der Waals surface area contributed by atoms with Gasteiger partial charge in [-0.25, -0.2) is 0 Å². The Balaban J connectivity index is 3.15. The minimum atomic E-state index is -1.05. The highest BCUT2D eigenvalue weighted by Crippen LogP contribution is 2.22. The molecule has 4 heteroatoms. The molecule has 1 aromatic rings. The van der Waals surface area contributed by atoms with E-state index in [1.807, 2.05) is 0 Å². The third-order valence-electron chi connectivity index (χ3n) is 1.91. The van der Waals surface area contributed by atoms with Crippen LogP contribution in [0.4, 0.5) is 0 Å². The quantitative estimate of drug-likeness (QED) is 0.763. The Hall–Kier alpha value is -1.06. The van der Waals surface area contributed by atoms with Crippen molar-refractivity contribution < 1.29 is 9.90 Å². The Kier molecular flexibility index (Phi) is 2.90. The molecule has 0 saturated heterocycles. The van der Waals surface area contributed by atoms with Crippen LogP contribution in [0.5, 0.6) is 0 Å². The summed E-state index contributed by atoms with van der Waals surface area (Å²) in [5.41, 5.74) is 6.73. The molecule has 0 amide bonds. The van der Waals surface area contributed by atoms with E-state index in [0.29, 0.717) is 10.6 Å². The number of rotatable bonds is 2. The molecule has 1 aromatic carbocycles. The monoisotopic (exact) mass is 199 g/mol. The molecule has 0 aliphatic carbocycles. The molecule has 0 bridgehead atoms. The Labute approximate surface area is 81.1 Å². The van der Waals surface area contributed by atoms with Crippen LogP contribution in [0.3, 0.4) is 0 Å². The number of aliphatic carboxylic acids is 1. The number of carboxylic acids is 1. The lowest BCUT2D eigenvalue weighted by atomic mass is 10.0. The Morgan fingerprint density at radius 2 is 2.23 bits per heavy atom. The number of hydrogen-bond acceptors (Lipinski definition) is 2. The summed E-state index contributed by atoms with van der Waals surface area (Å²) in [6.07, 6.45) is 0. The van der Waals surface area contributed by atoms with Crippen molar-refractivity contribution in [2.75, 3.05) is 0 Å². The number of benzene rings is 1. The predicted octanol–water partition coefficient (Wildman–Crippen LogP) is 1.73. The highest BCUT2D eigenvalue weighted by atomic mass is 35.5. The van der Waals surface area contributed by atoms with Crippen LogP contribution in [0.1, 0.15) is 17.2 Å². The van der Waals surface area contributed by atoms with Crippen molar-refractivity contribution in [1.82, 2.24) is 0 Å². The molecule has 0 aliphatic rings. The topological polar surface area (TPSA) is 63.3 Å². The van der Waals surface area contributed by atoms with Gasteiger partial charge in [-0.2, -0.15) is 0 Å². The van der Waals surface area contributed by atoms with Crippen LogP contribution in [0.15, 0.2) is 18.2 Å². The summed E-state index contributed by atoms with van der Waals surface area (Å²) in [5.74, 6) is -1.05. The number of nitrogens with two attached hydrogens (primary N) is 1. The van der Waals surface area contributed by atoms with E-state index in [9.17, 15) is 4.79 Å². The van der Waals surface area contributed by atoms with E-state index in [4.69, 9.17) is 22.4 Å². The van der Waals surface area contributed by atoms with Crippen LogP contribution in [0.2, 0.25) is 5.02 Å².